The molecule has 4 N–H and O–H groups in total. The van der Waals surface area contributed by atoms with Gasteiger partial charge in [0.25, 0.3) is 0 Å². The van der Waals surface area contributed by atoms with E-state index in [2.05, 4.69) is 19.1 Å². The molecule has 0 fully saturated rings. The zero-order valence-corrected chi connectivity index (χ0v) is 19.2. The second-order valence-corrected chi connectivity index (χ2v) is 8.14. The van der Waals surface area contributed by atoms with Crippen molar-refractivity contribution in [1.29, 1.82) is 0 Å². The summed E-state index contributed by atoms with van der Waals surface area (Å²) in [5.41, 5.74) is 0. The van der Waals surface area contributed by atoms with Gasteiger partial charge in [-0.15, -0.1) is 0 Å². The van der Waals surface area contributed by atoms with Crippen molar-refractivity contribution < 1.29 is 34.8 Å². The number of rotatable bonds is 21. The molecule has 3 atom stereocenters. The predicted octanol–water partition coefficient (Wildman–Crippen LogP) is 3.21. The minimum absolute atomic E-state index is 0.221. The van der Waals surface area contributed by atoms with Crippen LogP contribution in [0, 0.1) is 0 Å². The van der Waals surface area contributed by atoms with Gasteiger partial charge in [0.2, 0.25) is 0 Å². The zero-order chi connectivity index (χ0) is 23.3. The summed E-state index contributed by atoms with van der Waals surface area (Å²) in [6, 6.07) is 0. The van der Waals surface area contributed by atoms with Crippen LogP contribution in [0.25, 0.3) is 0 Å². The van der Waals surface area contributed by atoms with Crippen molar-refractivity contribution in [1.82, 2.24) is 0 Å². The van der Waals surface area contributed by atoms with Gasteiger partial charge < -0.3 is 25.2 Å². The van der Waals surface area contributed by atoms with Crippen LogP contribution in [0.2, 0.25) is 0 Å². The first-order valence-corrected chi connectivity index (χ1v) is 11.9. The zero-order valence-electron chi connectivity index (χ0n) is 19.2. The molecule has 0 unspecified atom stereocenters. The van der Waals surface area contributed by atoms with E-state index in [1.165, 1.54) is 44.9 Å². The summed E-state index contributed by atoms with van der Waals surface area (Å²) < 4.78 is 4.86. The number of unbranched alkanes of at least 4 members (excludes halogenated alkanes) is 11. The van der Waals surface area contributed by atoms with E-state index in [0.29, 0.717) is 6.42 Å². The van der Waals surface area contributed by atoms with Crippen LogP contribution in [0.15, 0.2) is 12.2 Å². The van der Waals surface area contributed by atoms with Gasteiger partial charge in [-0.1, -0.05) is 70.4 Å². The van der Waals surface area contributed by atoms with Gasteiger partial charge in [-0.3, -0.25) is 9.59 Å². The SMILES string of the molecule is CCCCCCCCC=CCCCCCCCC(=O)OC[C@@H](O)[C@@H](O)[C@H](O)C(=O)CO. The second kappa shape index (κ2) is 20.6. The summed E-state index contributed by atoms with van der Waals surface area (Å²) in [4.78, 5) is 22.8. The Bertz CT molecular complexity index is 479. The molecule has 0 heterocycles. The number of ether oxygens (including phenoxy) is 1. The van der Waals surface area contributed by atoms with E-state index in [4.69, 9.17) is 9.84 Å². The third-order valence-electron chi connectivity index (χ3n) is 5.26. The Morgan fingerprint density at radius 1 is 0.806 bits per heavy atom. The van der Waals surface area contributed by atoms with Gasteiger partial charge in [0.15, 0.2) is 5.78 Å². The lowest BCUT2D eigenvalue weighted by Crippen LogP contribution is -2.45. The molecule has 0 spiro atoms. The lowest BCUT2D eigenvalue weighted by molar-refractivity contribution is -0.154. The van der Waals surface area contributed by atoms with Crippen molar-refractivity contribution in [2.75, 3.05) is 13.2 Å². The fourth-order valence-corrected chi connectivity index (χ4v) is 3.18. The normalized spacial score (nSPS) is 14.5. The van der Waals surface area contributed by atoms with Crippen molar-refractivity contribution in [3.05, 3.63) is 12.2 Å². The predicted molar refractivity (Wildman–Crippen MR) is 121 cm³/mol. The van der Waals surface area contributed by atoms with Gasteiger partial charge in [-0.25, -0.2) is 0 Å². The highest BCUT2D eigenvalue weighted by Gasteiger charge is 2.30. The first-order chi connectivity index (χ1) is 14.9. The molecule has 0 amide bonds. The molecule has 0 rings (SSSR count). The van der Waals surface area contributed by atoms with Gasteiger partial charge in [-0.2, -0.15) is 0 Å². The summed E-state index contributed by atoms with van der Waals surface area (Å²) in [6.45, 7) is 0.779. The maximum atomic E-state index is 11.7. The van der Waals surface area contributed by atoms with Crippen LogP contribution in [0.5, 0.6) is 0 Å². The highest BCUT2D eigenvalue weighted by molar-refractivity contribution is 5.84. The number of carbonyl (C=O) groups is 2. The van der Waals surface area contributed by atoms with Crippen LogP contribution in [-0.4, -0.2) is 63.7 Å². The Morgan fingerprint density at radius 3 is 1.87 bits per heavy atom. The number of ketones is 1. The van der Waals surface area contributed by atoms with E-state index in [-0.39, 0.29) is 6.42 Å². The minimum atomic E-state index is -1.91. The fraction of sp³-hybridized carbons (Fsp3) is 0.833. The maximum Gasteiger partial charge on any atom is 0.305 e. The number of allylic oxidation sites excluding steroid dienone is 2. The topological polar surface area (TPSA) is 124 Å². The summed E-state index contributed by atoms with van der Waals surface area (Å²) in [6.07, 6.45) is 14.7. The van der Waals surface area contributed by atoms with E-state index in [1.54, 1.807) is 0 Å². The Labute approximate surface area is 187 Å². The van der Waals surface area contributed by atoms with Gasteiger partial charge in [0.1, 0.15) is 31.5 Å². The Morgan fingerprint density at radius 2 is 1.32 bits per heavy atom. The van der Waals surface area contributed by atoms with E-state index in [9.17, 15) is 24.9 Å². The van der Waals surface area contributed by atoms with Crippen LogP contribution in [-0.2, 0) is 14.3 Å². The largest absolute Gasteiger partial charge is 0.463 e. The molecule has 0 aliphatic heterocycles. The first-order valence-electron chi connectivity index (χ1n) is 11.9. The van der Waals surface area contributed by atoms with Crippen molar-refractivity contribution in [3.8, 4) is 0 Å². The van der Waals surface area contributed by atoms with Crippen LogP contribution in [0.3, 0.4) is 0 Å². The van der Waals surface area contributed by atoms with Crippen molar-refractivity contribution in [2.24, 2.45) is 0 Å². The standard InChI is InChI=1S/C24H44O7/c1-2-3-4-5-6-7-8-9-10-11-12-13-14-15-16-17-22(28)31-19-21(27)24(30)23(29)20(26)18-25/h9-10,21,23-25,27,29-30H,2-8,11-19H2,1H3/t21-,23-,24-/m1/s1. The molecule has 7 nitrogen and oxygen atoms in total. The number of Topliss-reactive ketones (excluding diaryl/α,β-unsaturated/α-hetero) is 1. The average Bonchev–Trinajstić information content (AvgIpc) is 2.78. The van der Waals surface area contributed by atoms with Crippen LogP contribution >= 0.6 is 0 Å². The van der Waals surface area contributed by atoms with E-state index < -0.39 is 43.3 Å². The van der Waals surface area contributed by atoms with Gasteiger partial charge >= 0.3 is 5.97 Å². The Hall–Kier alpha value is -1.28. The van der Waals surface area contributed by atoms with E-state index in [1.807, 2.05) is 0 Å². The summed E-state index contributed by atoms with van der Waals surface area (Å²) in [5, 5.41) is 37.3. The quantitative estimate of drug-likeness (QED) is 0.122. The number of hydrogen-bond donors (Lipinski definition) is 4. The fourth-order valence-electron chi connectivity index (χ4n) is 3.18. The molecule has 0 radical (unpaired) electrons. The molecule has 0 aromatic rings. The summed E-state index contributed by atoms with van der Waals surface area (Å²) in [5.74, 6) is -1.50. The second-order valence-electron chi connectivity index (χ2n) is 8.14. The number of esters is 1. The lowest BCUT2D eigenvalue weighted by atomic mass is 10.1. The Kier molecular flexibility index (Phi) is 19.8. The molecule has 0 aliphatic carbocycles. The summed E-state index contributed by atoms with van der Waals surface area (Å²) in [7, 11) is 0. The molecule has 0 aromatic heterocycles. The molecule has 0 saturated carbocycles. The van der Waals surface area contributed by atoms with Gasteiger partial charge in [0, 0.05) is 6.42 Å². The monoisotopic (exact) mass is 444 g/mol. The van der Waals surface area contributed by atoms with E-state index >= 15 is 0 Å². The smallest absolute Gasteiger partial charge is 0.305 e. The van der Waals surface area contributed by atoms with Crippen LogP contribution in [0.4, 0.5) is 0 Å². The van der Waals surface area contributed by atoms with Gasteiger partial charge in [0.05, 0.1) is 0 Å². The number of aliphatic hydroxyl groups excluding tert-OH is 4. The molecule has 0 bridgehead atoms. The number of carbonyl (C=O) groups excluding carboxylic acids is 2. The molecule has 0 saturated heterocycles. The van der Waals surface area contributed by atoms with Gasteiger partial charge in [-0.05, 0) is 32.1 Å². The maximum absolute atomic E-state index is 11.7. The van der Waals surface area contributed by atoms with Crippen molar-refractivity contribution >= 4 is 11.8 Å². The molecule has 0 aliphatic rings. The Balaban J connectivity index is 3.55. The highest BCUT2D eigenvalue weighted by Crippen LogP contribution is 2.10. The summed E-state index contributed by atoms with van der Waals surface area (Å²) >= 11 is 0. The minimum Gasteiger partial charge on any atom is -0.463 e. The highest BCUT2D eigenvalue weighted by atomic mass is 16.5. The molecule has 182 valence electrons. The third-order valence-corrected chi connectivity index (χ3v) is 5.26. The number of aliphatic hydroxyl groups is 4. The van der Waals surface area contributed by atoms with Crippen LogP contribution < -0.4 is 0 Å². The first kappa shape index (κ1) is 29.7. The lowest BCUT2D eigenvalue weighted by Gasteiger charge is -2.21. The molecular formula is C24H44O7. The molecular weight excluding hydrogens is 400 g/mol. The van der Waals surface area contributed by atoms with Crippen LogP contribution in [0.1, 0.15) is 96.8 Å². The van der Waals surface area contributed by atoms with Crippen molar-refractivity contribution in [3.63, 3.8) is 0 Å². The molecule has 31 heavy (non-hydrogen) atoms. The molecule has 0 aromatic carbocycles. The average molecular weight is 445 g/mol. The third kappa shape index (κ3) is 17.0. The van der Waals surface area contributed by atoms with E-state index in [0.717, 1.165) is 32.1 Å². The number of hydrogen-bond acceptors (Lipinski definition) is 7. The van der Waals surface area contributed by atoms with Crippen molar-refractivity contribution in [2.45, 2.75) is 115 Å². The molecule has 7 heteroatoms.